The first kappa shape index (κ1) is 10.6. The summed E-state index contributed by atoms with van der Waals surface area (Å²) in [5.74, 6) is -0.521. The van der Waals surface area contributed by atoms with E-state index in [2.05, 4.69) is 0 Å². The van der Waals surface area contributed by atoms with Gasteiger partial charge in [-0.05, 0) is 30.7 Å². The van der Waals surface area contributed by atoms with Crippen LogP contribution in [-0.2, 0) is 14.8 Å². The van der Waals surface area contributed by atoms with Gasteiger partial charge < -0.3 is 0 Å². The van der Waals surface area contributed by atoms with E-state index in [0.717, 1.165) is 18.2 Å². The maximum absolute atomic E-state index is 12.6. The molecule has 0 bridgehead atoms. The molecule has 1 amide bonds. The minimum Gasteiger partial charge on any atom is -0.278 e. The Bertz CT molecular complexity index is 456. The molecule has 0 radical (unpaired) electrons. The SMILES string of the molecule is Cc1cc(F)ccc1S(=O)(=O)NC=O. The Hall–Kier alpha value is -1.43. The highest BCUT2D eigenvalue weighted by atomic mass is 32.2. The van der Waals surface area contributed by atoms with Crippen LogP contribution in [0, 0.1) is 12.7 Å². The zero-order valence-electron chi connectivity index (χ0n) is 7.32. The Kier molecular flexibility index (Phi) is 2.85. The molecule has 1 N–H and O–H groups in total. The number of rotatable bonds is 3. The molecule has 1 rings (SSSR count). The number of sulfonamides is 1. The first-order valence-corrected chi connectivity index (χ1v) is 5.18. The number of benzene rings is 1. The number of carbonyl (C=O) groups excluding carboxylic acids is 1. The molecule has 4 nitrogen and oxygen atoms in total. The van der Waals surface area contributed by atoms with Crippen molar-refractivity contribution in [1.82, 2.24) is 4.72 Å². The summed E-state index contributed by atoms with van der Waals surface area (Å²) in [6.45, 7) is 1.45. The normalized spacial score (nSPS) is 11.0. The van der Waals surface area contributed by atoms with Gasteiger partial charge in [-0.15, -0.1) is 0 Å². The van der Waals surface area contributed by atoms with Crippen LogP contribution in [0.2, 0.25) is 0 Å². The number of amides is 1. The number of aryl methyl sites for hydroxylation is 1. The summed E-state index contributed by atoms with van der Waals surface area (Å²) in [4.78, 5) is 9.90. The first-order valence-electron chi connectivity index (χ1n) is 3.69. The summed E-state index contributed by atoms with van der Waals surface area (Å²) < 4.78 is 36.9. The van der Waals surface area contributed by atoms with Crippen LogP contribution < -0.4 is 4.72 Å². The van der Waals surface area contributed by atoms with Gasteiger partial charge in [0.15, 0.2) is 0 Å². The summed E-state index contributed by atoms with van der Waals surface area (Å²) >= 11 is 0. The molecule has 6 heteroatoms. The van der Waals surface area contributed by atoms with Crippen molar-refractivity contribution >= 4 is 16.4 Å². The molecule has 0 aliphatic heterocycles. The van der Waals surface area contributed by atoms with Gasteiger partial charge >= 0.3 is 0 Å². The number of halogens is 1. The second kappa shape index (κ2) is 3.75. The van der Waals surface area contributed by atoms with E-state index in [4.69, 9.17) is 0 Å². The minimum absolute atomic E-state index is 0.0676. The van der Waals surface area contributed by atoms with E-state index in [-0.39, 0.29) is 16.9 Å². The lowest BCUT2D eigenvalue weighted by Gasteiger charge is -2.05. The first-order chi connectivity index (χ1) is 6.47. The molecule has 1 aromatic carbocycles. The molecule has 0 heterocycles. The van der Waals surface area contributed by atoms with E-state index in [1.54, 1.807) is 4.72 Å². The van der Waals surface area contributed by atoms with E-state index < -0.39 is 15.8 Å². The Morgan fingerprint density at radius 1 is 1.43 bits per heavy atom. The average Bonchev–Trinajstić information content (AvgIpc) is 2.02. The van der Waals surface area contributed by atoms with Crippen LogP contribution >= 0.6 is 0 Å². The fraction of sp³-hybridized carbons (Fsp3) is 0.125. The fourth-order valence-corrected chi connectivity index (χ4v) is 2.02. The third-order valence-electron chi connectivity index (χ3n) is 1.63. The highest BCUT2D eigenvalue weighted by molar-refractivity contribution is 7.90. The van der Waals surface area contributed by atoms with Gasteiger partial charge in [0.1, 0.15) is 5.82 Å². The fourth-order valence-electron chi connectivity index (χ4n) is 1.04. The topological polar surface area (TPSA) is 63.2 Å². The molecule has 0 atom stereocenters. The monoisotopic (exact) mass is 217 g/mol. The molecule has 0 fully saturated rings. The van der Waals surface area contributed by atoms with Crippen LogP contribution in [0.15, 0.2) is 23.1 Å². The molecule has 0 aromatic heterocycles. The van der Waals surface area contributed by atoms with Crippen molar-refractivity contribution in [2.24, 2.45) is 0 Å². The number of carbonyl (C=O) groups is 1. The van der Waals surface area contributed by atoms with Crippen LogP contribution in [0.25, 0.3) is 0 Å². The van der Waals surface area contributed by atoms with Crippen molar-refractivity contribution in [3.8, 4) is 0 Å². The van der Waals surface area contributed by atoms with Gasteiger partial charge in [0, 0.05) is 0 Å². The quantitative estimate of drug-likeness (QED) is 0.753. The maximum Gasteiger partial charge on any atom is 0.264 e. The van der Waals surface area contributed by atoms with Crippen molar-refractivity contribution in [3.05, 3.63) is 29.6 Å². The minimum atomic E-state index is -3.84. The van der Waals surface area contributed by atoms with Gasteiger partial charge in [-0.1, -0.05) is 0 Å². The number of hydrogen-bond acceptors (Lipinski definition) is 3. The smallest absolute Gasteiger partial charge is 0.264 e. The van der Waals surface area contributed by atoms with E-state index in [0.29, 0.717) is 0 Å². The van der Waals surface area contributed by atoms with Crippen molar-refractivity contribution < 1.29 is 17.6 Å². The third-order valence-corrected chi connectivity index (χ3v) is 3.07. The maximum atomic E-state index is 12.6. The predicted octanol–water partition coefficient (Wildman–Crippen LogP) is 0.569. The zero-order valence-corrected chi connectivity index (χ0v) is 8.14. The highest BCUT2D eigenvalue weighted by Gasteiger charge is 2.15. The Labute approximate surface area is 80.8 Å². The molecule has 76 valence electrons. The second-order valence-corrected chi connectivity index (χ2v) is 4.33. The second-order valence-electron chi connectivity index (χ2n) is 2.65. The predicted molar refractivity (Wildman–Crippen MR) is 47.5 cm³/mol. The van der Waals surface area contributed by atoms with Gasteiger partial charge in [0.2, 0.25) is 6.41 Å². The molecule has 0 spiro atoms. The van der Waals surface area contributed by atoms with Crippen LogP contribution in [0.5, 0.6) is 0 Å². The van der Waals surface area contributed by atoms with Crippen LogP contribution in [0.4, 0.5) is 4.39 Å². The van der Waals surface area contributed by atoms with Crippen LogP contribution in [-0.4, -0.2) is 14.8 Å². The van der Waals surface area contributed by atoms with Gasteiger partial charge in [-0.3, -0.25) is 9.52 Å². The summed E-state index contributed by atoms with van der Waals surface area (Å²) in [5.41, 5.74) is 0.249. The van der Waals surface area contributed by atoms with Gasteiger partial charge in [0.25, 0.3) is 10.0 Å². The van der Waals surface area contributed by atoms with Crippen LogP contribution in [0.3, 0.4) is 0 Å². The van der Waals surface area contributed by atoms with Crippen molar-refractivity contribution in [3.63, 3.8) is 0 Å². The van der Waals surface area contributed by atoms with Crippen molar-refractivity contribution in [1.29, 1.82) is 0 Å². The van der Waals surface area contributed by atoms with Crippen LogP contribution in [0.1, 0.15) is 5.56 Å². The molecular formula is C8H8FNO3S. The van der Waals surface area contributed by atoms with Crippen molar-refractivity contribution in [2.45, 2.75) is 11.8 Å². The third kappa shape index (κ3) is 2.08. The van der Waals surface area contributed by atoms with E-state index in [9.17, 15) is 17.6 Å². The Balaban J connectivity index is 3.26. The molecule has 14 heavy (non-hydrogen) atoms. The average molecular weight is 217 g/mol. The lowest BCUT2D eigenvalue weighted by Crippen LogP contribution is -2.22. The Morgan fingerprint density at radius 2 is 2.07 bits per heavy atom. The van der Waals surface area contributed by atoms with Gasteiger partial charge in [0.05, 0.1) is 4.90 Å². The molecular weight excluding hydrogens is 209 g/mol. The van der Waals surface area contributed by atoms with Gasteiger partial charge in [-0.25, -0.2) is 12.8 Å². The van der Waals surface area contributed by atoms with Crippen molar-refractivity contribution in [2.75, 3.05) is 0 Å². The Morgan fingerprint density at radius 3 is 2.57 bits per heavy atom. The largest absolute Gasteiger partial charge is 0.278 e. The lowest BCUT2D eigenvalue weighted by molar-refractivity contribution is -0.108. The molecule has 0 saturated heterocycles. The van der Waals surface area contributed by atoms with E-state index in [1.807, 2.05) is 0 Å². The zero-order chi connectivity index (χ0) is 10.8. The molecule has 0 aliphatic rings. The summed E-state index contributed by atoms with van der Waals surface area (Å²) in [6.07, 6.45) is 0.0676. The standard InChI is InChI=1S/C8H8FNO3S/c1-6-4-7(9)2-3-8(6)14(12,13)10-5-11/h2-5H,1H3,(H,10,11). The summed E-state index contributed by atoms with van der Waals surface area (Å²) in [7, 11) is -3.84. The van der Waals surface area contributed by atoms with Gasteiger partial charge in [-0.2, -0.15) is 0 Å². The summed E-state index contributed by atoms with van der Waals surface area (Å²) in [6, 6.07) is 3.21. The number of hydrogen-bond donors (Lipinski definition) is 1. The lowest BCUT2D eigenvalue weighted by atomic mass is 10.2. The molecule has 0 unspecified atom stereocenters. The highest BCUT2D eigenvalue weighted by Crippen LogP contribution is 2.15. The summed E-state index contributed by atoms with van der Waals surface area (Å²) in [5, 5.41) is 0. The molecule has 0 aliphatic carbocycles. The number of nitrogens with one attached hydrogen (secondary N) is 1. The van der Waals surface area contributed by atoms with E-state index >= 15 is 0 Å². The molecule has 1 aromatic rings. The molecule has 0 saturated carbocycles. The van der Waals surface area contributed by atoms with E-state index in [1.165, 1.54) is 6.92 Å².